The van der Waals surface area contributed by atoms with Gasteiger partial charge in [-0.15, -0.1) is 0 Å². The van der Waals surface area contributed by atoms with E-state index in [1.54, 1.807) is 31.4 Å². The van der Waals surface area contributed by atoms with Crippen molar-refractivity contribution < 1.29 is 47.9 Å². The van der Waals surface area contributed by atoms with E-state index in [0.717, 1.165) is 11.1 Å². The second kappa shape index (κ2) is 11.8. The fourth-order valence-electron chi connectivity index (χ4n) is 5.31. The molecule has 2 unspecified atom stereocenters. The average Bonchev–Trinajstić information content (AvgIpc) is 3.68. The number of methoxy groups -OCH3 is 3. The van der Waals surface area contributed by atoms with E-state index in [-0.39, 0.29) is 24.0 Å². The highest BCUT2D eigenvalue weighted by atomic mass is 16.7. The van der Waals surface area contributed by atoms with Crippen LogP contribution >= 0.6 is 0 Å². The molecule has 2 aliphatic heterocycles. The molecule has 0 saturated carbocycles. The molecule has 0 saturated heterocycles. The highest BCUT2D eigenvalue weighted by Crippen LogP contribution is 2.56. The van der Waals surface area contributed by atoms with Crippen LogP contribution in [0.25, 0.3) is 0 Å². The van der Waals surface area contributed by atoms with Gasteiger partial charge in [-0.25, -0.2) is 9.59 Å². The zero-order chi connectivity index (χ0) is 29.9. The standard InChI is InChI=1S/C32H30O10/c1-19-5-9-21(10-6-19)32(27-16-39-18-41-27,22-13-25(37-3)31(38-4)26(14-22)40-17-28(33)34)24-15-29(35)42-30(24)20-7-11-23(36-2)12-8-20/h5-16,30H,17-18H2,1-4H3,(H,33,34). The van der Waals surface area contributed by atoms with E-state index < -0.39 is 30.1 Å². The van der Waals surface area contributed by atoms with Crippen LogP contribution in [0.1, 0.15) is 28.4 Å². The topological polar surface area (TPSA) is 119 Å². The minimum absolute atomic E-state index is 0.0477. The van der Waals surface area contributed by atoms with E-state index in [0.29, 0.717) is 28.2 Å². The third kappa shape index (κ3) is 5.07. The summed E-state index contributed by atoms with van der Waals surface area (Å²) < 4.78 is 39.8. The summed E-state index contributed by atoms with van der Waals surface area (Å²) in [5.41, 5.74) is 2.19. The van der Waals surface area contributed by atoms with Crippen molar-refractivity contribution in [3.8, 4) is 23.0 Å². The van der Waals surface area contributed by atoms with Crippen molar-refractivity contribution in [1.29, 1.82) is 0 Å². The molecule has 0 bridgehead atoms. The summed E-state index contributed by atoms with van der Waals surface area (Å²) in [6.45, 7) is 1.30. The monoisotopic (exact) mass is 574 g/mol. The fraction of sp³-hybridized carbons (Fsp3) is 0.250. The Morgan fingerprint density at radius 1 is 0.952 bits per heavy atom. The van der Waals surface area contributed by atoms with Crippen molar-refractivity contribution in [3.05, 3.63) is 107 Å². The van der Waals surface area contributed by atoms with Gasteiger partial charge in [-0.05, 0) is 47.9 Å². The fourth-order valence-corrected chi connectivity index (χ4v) is 5.31. The molecule has 0 spiro atoms. The molecule has 0 fully saturated rings. The Bertz CT molecular complexity index is 1540. The Morgan fingerprint density at radius 2 is 1.67 bits per heavy atom. The molecule has 10 nitrogen and oxygen atoms in total. The van der Waals surface area contributed by atoms with E-state index in [2.05, 4.69) is 0 Å². The molecular weight excluding hydrogens is 544 g/mol. The van der Waals surface area contributed by atoms with E-state index in [1.807, 2.05) is 43.3 Å². The summed E-state index contributed by atoms with van der Waals surface area (Å²) in [7, 11) is 4.47. The van der Waals surface area contributed by atoms with Gasteiger partial charge in [0, 0.05) is 11.6 Å². The van der Waals surface area contributed by atoms with E-state index in [4.69, 9.17) is 33.2 Å². The van der Waals surface area contributed by atoms with Crippen LogP contribution in [0.5, 0.6) is 23.0 Å². The highest BCUT2D eigenvalue weighted by molar-refractivity contribution is 5.88. The minimum Gasteiger partial charge on any atom is -0.497 e. The lowest BCUT2D eigenvalue weighted by Crippen LogP contribution is -2.35. The third-order valence-electron chi connectivity index (χ3n) is 7.20. The van der Waals surface area contributed by atoms with Crippen LogP contribution < -0.4 is 18.9 Å². The molecule has 0 aliphatic carbocycles. The maximum Gasteiger partial charge on any atom is 0.341 e. The number of aryl methyl sites for hydroxylation is 1. The van der Waals surface area contributed by atoms with Crippen LogP contribution in [0.3, 0.4) is 0 Å². The van der Waals surface area contributed by atoms with Crippen LogP contribution in [-0.4, -0.2) is 51.8 Å². The molecule has 1 N–H and O–H groups in total. The van der Waals surface area contributed by atoms with Gasteiger partial charge in [0.25, 0.3) is 0 Å². The molecule has 42 heavy (non-hydrogen) atoms. The number of carboxylic acids is 1. The first kappa shape index (κ1) is 28.4. The van der Waals surface area contributed by atoms with E-state index in [9.17, 15) is 14.7 Å². The van der Waals surface area contributed by atoms with E-state index >= 15 is 0 Å². The number of rotatable bonds is 11. The van der Waals surface area contributed by atoms with Gasteiger partial charge in [0.1, 0.15) is 17.4 Å². The number of allylic oxidation sites excluding steroid dienone is 1. The van der Waals surface area contributed by atoms with Crippen LogP contribution in [-0.2, 0) is 29.2 Å². The number of aliphatic carboxylic acids is 1. The Labute approximate surface area is 242 Å². The number of carboxylic acid groups (broad SMARTS) is 1. The Morgan fingerprint density at radius 3 is 2.26 bits per heavy atom. The second-order valence-corrected chi connectivity index (χ2v) is 9.61. The van der Waals surface area contributed by atoms with Gasteiger partial charge in [-0.3, -0.25) is 0 Å². The van der Waals surface area contributed by atoms with Crippen LogP contribution in [0.4, 0.5) is 0 Å². The molecule has 3 aromatic rings. The SMILES string of the molecule is COc1ccc(C2OC(=O)C=C2C(C2=COCO2)(c2ccc(C)cc2)c2cc(OC)c(OC)c(OCC(=O)O)c2)cc1. The summed E-state index contributed by atoms with van der Waals surface area (Å²) >= 11 is 0. The molecule has 2 heterocycles. The quantitative estimate of drug-likeness (QED) is 0.319. The van der Waals surface area contributed by atoms with E-state index in [1.165, 1.54) is 26.6 Å². The molecule has 0 radical (unpaired) electrons. The summed E-state index contributed by atoms with van der Waals surface area (Å²) in [5.74, 6) is -0.0737. The molecule has 218 valence electrons. The molecule has 5 rings (SSSR count). The zero-order valence-corrected chi connectivity index (χ0v) is 23.5. The summed E-state index contributed by atoms with van der Waals surface area (Å²) in [6, 6.07) is 18.4. The summed E-state index contributed by atoms with van der Waals surface area (Å²) in [6.07, 6.45) is 2.13. The molecule has 10 heteroatoms. The molecule has 2 atom stereocenters. The van der Waals surface area contributed by atoms with Crippen molar-refractivity contribution in [2.24, 2.45) is 0 Å². The summed E-state index contributed by atoms with van der Waals surface area (Å²) in [4.78, 5) is 24.5. The lowest BCUT2D eigenvalue weighted by molar-refractivity contribution is -0.140. The number of hydrogen-bond acceptors (Lipinski definition) is 9. The van der Waals surface area contributed by atoms with Gasteiger partial charge < -0.3 is 38.3 Å². The highest BCUT2D eigenvalue weighted by Gasteiger charge is 2.52. The molecule has 2 aliphatic rings. The Kier molecular flexibility index (Phi) is 7.97. The van der Waals surface area contributed by atoms with Gasteiger partial charge in [0.05, 0.1) is 21.3 Å². The first-order valence-electron chi connectivity index (χ1n) is 13.0. The van der Waals surface area contributed by atoms with Gasteiger partial charge in [-0.1, -0.05) is 42.0 Å². The van der Waals surface area contributed by atoms with Crippen molar-refractivity contribution in [3.63, 3.8) is 0 Å². The van der Waals surface area contributed by atoms with Crippen molar-refractivity contribution in [2.45, 2.75) is 18.4 Å². The minimum atomic E-state index is -1.32. The molecule has 0 amide bonds. The average molecular weight is 575 g/mol. The van der Waals surface area contributed by atoms with Crippen LogP contribution in [0.2, 0.25) is 0 Å². The van der Waals surface area contributed by atoms with Gasteiger partial charge in [-0.2, -0.15) is 0 Å². The normalized spacial score (nSPS) is 17.1. The number of esters is 1. The zero-order valence-electron chi connectivity index (χ0n) is 23.5. The summed E-state index contributed by atoms with van der Waals surface area (Å²) in [5, 5.41) is 9.36. The Hall–Kier alpha value is -5.12. The first-order chi connectivity index (χ1) is 20.3. The van der Waals surface area contributed by atoms with Crippen LogP contribution in [0, 0.1) is 6.92 Å². The molecular formula is C32H30O10. The maximum atomic E-state index is 13.1. The smallest absolute Gasteiger partial charge is 0.341 e. The van der Waals surface area contributed by atoms with Gasteiger partial charge >= 0.3 is 11.9 Å². The third-order valence-corrected chi connectivity index (χ3v) is 7.20. The van der Waals surface area contributed by atoms with Gasteiger partial charge in [0.15, 0.2) is 30.0 Å². The number of hydrogen-bond donors (Lipinski definition) is 1. The number of ether oxygens (including phenoxy) is 7. The molecule has 3 aromatic carbocycles. The van der Waals surface area contributed by atoms with Crippen molar-refractivity contribution >= 4 is 11.9 Å². The van der Waals surface area contributed by atoms with Crippen molar-refractivity contribution in [2.75, 3.05) is 34.7 Å². The largest absolute Gasteiger partial charge is 0.497 e. The molecule has 0 aromatic heterocycles. The maximum absolute atomic E-state index is 13.1. The first-order valence-corrected chi connectivity index (χ1v) is 13.0. The predicted octanol–water partition coefficient (Wildman–Crippen LogP) is 4.84. The van der Waals surface area contributed by atoms with Crippen LogP contribution in [0.15, 0.2) is 84.3 Å². The van der Waals surface area contributed by atoms with Crippen molar-refractivity contribution in [1.82, 2.24) is 0 Å². The second-order valence-electron chi connectivity index (χ2n) is 9.61. The number of carbonyl (C=O) groups is 2. The van der Waals surface area contributed by atoms with Gasteiger partial charge in [0.2, 0.25) is 12.5 Å². The Balaban J connectivity index is 1.84. The lowest BCUT2D eigenvalue weighted by Gasteiger charge is -2.38. The number of cyclic esters (lactones) is 1. The number of carbonyl (C=O) groups excluding carboxylic acids is 1. The number of benzene rings is 3. The lowest BCUT2D eigenvalue weighted by atomic mass is 9.65. The predicted molar refractivity (Wildman–Crippen MR) is 150 cm³/mol.